The minimum absolute atomic E-state index is 0.0793. The molecule has 0 amide bonds. The molecule has 5 rings (SSSR count). The quantitative estimate of drug-likeness (QED) is 0.325. The fraction of sp³-hybridized carbons (Fsp3) is 0.227. The van der Waals surface area contributed by atoms with E-state index in [1.54, 1.807) is 6.07 Å². The van der Waals surface area contributed by atoms with Crippen LogP contribution in [0.15, 0.2) is 45.9 Å². The average Bonchev–Trinajstić information content (AvgIpc) is 3.36. The van der Waals surface area contributed by atoms with E-state index in [2.05, 4.69) is 57.3 Å². The molecule has 2 aliphatic rings. The number of allylic oxidation sites excluding steroid dienone is 1. The third-order valence-electron chi connectivity index (χ3n) is 5.34. The SMILES string of the molecule is C[I-]I1N=CC=C1c1cc(Nc2ncc(C3CC3)cc2C(=O)O)cc2ccn(C)c12. The third-order valence-corrected chi connectivity index (χ3v) is 18.4. The summed E-state index contributed by atoms with van der Waals surface area (Å²) in [6.07, 6.45) is 10.3. The number of carboxylic acids is 1. The van der Waals surface area contributed by atoms with E-state index in [-0.39, 0.29) is 22.8 Å². The Hall–Kier alpha value is -1.95. The molecule has 1 fully saturated rings. The molecule has 2 aromatic heterocycles. The van der Waals surface area contributed by atoms with Gasteiger partial charge in [0.1, 0.15) is 0 Å². The van der Waals surface area contributed by atoms with E-state index in [9.17, 15) is 9.90 Å². The van der Waals surface area contributed by atoms with Crippen LogP contribution in [-0.4, -0.2) is 31.8 Å². The number of carbonyl (C=O) groups is 1. The zero-order valence-corrected chi connectivity index (χ0v) is 20.9. The first kappa shape index (κ1) is 20.0. The van der Waals surface area contributed by atoms with Gasteiger partial charge in [-0.15, -0.1) is 0 Å². The molecule has 0 unspecified atom stereocenters. The molecule has 8 heteroatoms. The van der Waals surface area contributed by atoms with Crippen molar-refractivity contribution in [2.24, 2.45) is 10.3 Å². The van der Waals surface area contributed by atoms with Crippen LogP contribution in [0.25, 0.3) is 14.5 Å². The van der Waals surface area contributed by atoms with Gasteiger partial charge in [-0.05, 0) is 0 Å². The van der Waals surface area contributed by atoms with Crippen molar-refractivity contribution < 1.29 is 27.1 Å². The minimum atomic E-state index is -1.45. The van der Waals surface area contributed by atoms with Crippen LogP contribution in [0.5, 0.6) is 0 Å². The number of rotatable bonds is 6. The molecule has 30 heavy (non-hydrogen) atoms. The van der Waals surface area contributed by atoms with Gasteiger partial charge in [-0.1, -0.05) is 0 Å². The Balaban J connectivity index is 1.58. The van der Waals surface area contributed by atoms with E-state index >= 15 is 0 Å². The first-order valence-electron chi connectivity index (χ1n) is 9.60. The second-order valence-corrected chi connectivity index (χ2v) is 21.8. The summed E-state index contributed by atoms with van der Waals surface area (Å²) in [4.78, 5) is 18.7. The molecule has 3 heterocycles. The maximum absolute atomic E-state index is 11.9. The number of fused-ring (bicyclic) bond motifs is 1. The number of hydrogen-bond donors (Lipinski definition) is 2. The molecule has 1 aromatic carbocycles. The standard InChI is InChI=1S/C22H21I2N4O2/c1-23-24-19(5-7-26-24)17-11-16(9-14-6-8-28(2)20(14)17)27-21-18(22(29)30)10-15(12-25-21)13-3-4-13/h5-13H,3-4H2,1-2H3,(H,25,27)(H,29,30)/q-1. The molecule has 0 spiro atoms. The van der Waals surface area contributed by atoms with Gasteiger partial charge in [-0.3, -0.25) is 0 Å². The Morgan fingerprint density at radius 3 is 2.90 bits per heavy atom. The number of hydrogen-bond acceptors (Lipinski definition) is 4. The zero-order valence-electron chi connectivity index (χ0n) is 16.6. The number of alkyl halides is 1. The molecule has 0 bridgehead atoms. The predicted octanol–water partition coefficient (Wildman–Crippen LogP) is 2.37. The number of aromatic nitrogens is 2. The van der Waals surface area contributed by atoms with Crippen molar-refractivity contribution in [3.05, 3.63) is 59.4 Å². The summed E-state index contributed by atoms with van der Waals surface area (Å²) >= 11 is -1.37. The van der Waals surface area contributed by atoms with Gasteiger partial charge < -0.3 is 0 Å². The molecule has 6 nitrogen and oxygen atoms in total. The normalized spacial score (nSPS) is 17.0. The number of halogens is 2. The van der Waals surface area contributed by atoms with Gasteiger partial charge in [-0.2, -0.15) is 0 Å². The number of carboxylic acid groups (broad SMARTS) is 1. The fourth-order valence-corrected chi connectivity index (χ4v) is 14.1. The number of nitrogens with zero attached hydrogens (tertiary/aromatic N) is 3. The number of aryl methyl sites for hydroxylation is 1. The summed E-state index contributed by atoms with van der Waals surface area (Å²) in [7, 11) is 2.07. The van der Waals surface area contributed by atoms with Gasteiger partial charge >= 0.3 is 190 Å². The third kappa shape index (κ3) is 3.64. The average molecular weight is 627 g/mol. The van der Waals surface area contributed by atoms with Crippen LogP contribution >= 0.6 is 16.1 Å². The second-order valence-electron chi connectivity index (χ2n) is 7.38. The van der Waals surface area contributed by atoms with E-state index in [0.717, 1.165) is 29.5 Å². The Labute approximate surface area is 188 Å². The summed E-state index contributed by atoms with van der Waals surface area (Å²) in [5.41, 5.74) is 4.51. The van der Waals surface area contributed by atoms with Crippen LogP contribution in [0.1, 0.15) is 40.2 Å². The first-order valence-corrected chi connectivity index (χ1v) is 20.1. The molecule has 1 saturated carbocycles. The summed E-state index contributed by atoms with van der Waals surface area (Å²) in [5.74, 6) is -0.0984. The molecular formula is C22H21I2N4O2-. The van der Waals surface area contributed by atoms with Gasteiger partial charge in [0.2, 0.25) is 0 Å². The Bertz CT molecular complexity index is 1230. The van der Waals surface area contributed by atoms with E-state index in [0.29, 0.717) is 11.7 Å². The van der Waals surface area contributed by atoms with Crippen molar-refractivity contribution in [2.75, 3.05) is 10.2 Å². The van der Waals surface area contributed by atoms with Gasteiger partial charge in [0.15, 0.2) is 0 Å². The topological polar surface area (TPSA) is 79.5 Å². The summed E-state index contributed by atoms with van der Waals surface area (Å²) < 4.78 is 8.33. The van der Waals surface area contributed by atoms with Gasteiger partial charge in [-0.25, -0.2) is 0 Å². The number of anilines is 2. The van der Waals surface area contributed by atoms with Crippen molar-refractivity contribution in [2.45, 2.75) is 18.8 Å². The second kappa shape index (κ2) is 7.95. The van der Waals surface area contributed by atoms with Crippen LogP contribution in [-0.2, 0) is 7.05 Å². The molecule has 1 aliphatic heterocycles. The Morgan fingerprint density at radius 1 is 1.33 bits per heavy atom. The van der Waals surface area contributed by atoms with Crippen LogP contribution < -0.4 is 22.5 Å². The van der Waals surface area contributed by atoms with E-state index in [1.165, 1.54) is 14.7 Å². The van der Waals surface area contributed by atoms with Crippen molar-refractivity contribution in [3.8, 4) is 0 Å². The first-order chi connectivity index (χ1) is 14.5. The van der Waals surface area contributed by atoms with Crippen LogP contribution in [0.3, 0.4) is 0 Å². The molecule has 2 N–H and O–H groups in total. The van der Waals surface area contributed by atoms with Gasteiger partial charge in [0, 0.05) is 0 Å². The summed E-state index contributed by atoms with van der Waals surface area (Å²) in [6, 6.07) is 8.07. The zero-order chi connectivity index (χ0) is 20.8. The molecule has 1 aliphatic carbocycles. The molecular weight excluding hydrogens is 606 g/mol. The maximum atomic E-state index is 11.9. The van der Waals surface area contributed by atoms with E-state index < -0.39 is 22.1 Å². The number of aromatic carboxylic acids is 1. The predicted molar refractivity (Wildman–Crippen MR) is 126 cm³/mol. The number of nitrogens with one attached hydrogen (secondary N) is 1. The van der Waals surface area contributed by atoms with Gasteiger partial charge in [0.05, 0.1) is 0 Å². The summed E-state index contributed by atoms with van der Waals surface area (Å²) in [6.45, 7) is 0. The van der Waals surface area contributed by atoms with E-state index in [1.807, 2.05) is 12.4 Å². The van der Waals surface area contributed by atoms with Crippen molar-refractivity contribution >= 4 is 54.3 Å². The Morgan fingerprint density at radius 2 is 2.17 bits per heavy atom. The molecule has 0 atom stereocenters. The molecule has 0 saturated heterocycles. The monoisotopic (exact) mass is 627 g/mol. The van der Waals surface area contributed by atoms with Crippen molar-refractivity contribution in [3.63, 3.8) is 0 Å². The van der Waals surface area contributed by atoms with Crippen LogP contribution in [0.4, 0.5) is 11.5 Å². The van der Waals surface area contributed by atoms with Crippen molar-refractivity contribution in [1.29, 1.82) is 0 Å². The van der Waals surface area contributed by atoms with E-state index in [4.69, 9.17) is 3.21 Å². The molecule has 3 aromatic rings. The molecule has 156 valence electrons. The summed E-state index contributed by atoms with van der Waals surface area (Å²) in [5, 5.41) is 14.2. The molecule has 0 radical (unpaired) electrons. The van der Waals surface area contributed by atoms with Crippen LogP contribution in [0.2, 0.25) is 0 Å². The van der Waals surface area contributed by atoms with Gasteiger partial charge in [0.25, 0.3) is 0 Å². The Kier molecular flexibility index (Phi) is 5.30. The fourth-order valence-electron chi connectivity index (χ4n) is 3.75. The number of pyridine rings is 1. The number of benzene rings is 1. The van der Waals surface area contributed by atoms with Crippen molar-refractivity contribution in [1.82, 2.24) is 9.55 Å². The van der Waals surface area contributed by atoms with Crippen LogP contribution in [0, 0.1) is 0 Å².